The van der Waals surface area contributed by atoms with Crippen LogP contribution in [0.25, 0.3) is 11.4 Å². The molecule has 2 aromatic carbocycles. The first-order valence-corrected chi connectivity index (χ1v) is 12.2. The summed E-state index contributed by atoms with van der Waals surface area (Å²) in [6.45, 7) is 2.58. The summed E-state index contributed by atoms with van der Waals surface area (Å²) in [5.41, 5.74) is 1.25. The van der Waals surface area contributed by atoms with Gasteiger partial charge in [0, 0.05) is 31.1 Å². The van der Waals surface area contributed by atoms with Gasteiger partial charge >= 0.3 is 0 Å². The van der Waals surface area contributed by atoms with Crippen molar-refractivity contribution in [2.24, 2.45) is 0 Å². The van der Waals surface area contributed by atoms with Crippen LogP contribution < -0.4 is 5.32 Å². The highest BCUT2D eigenvalue weighted by molar-refractivity contribution is 7.89. The molecular formula is C22H23ClN4O4S. The van der Waals surface area contributed by atoms with E-state index in [2.05, 4.69) is 15.5 Å². The summed E-state index contributed by atoms with van der Waals surface area (Å²) < 4.78 is 32.9. The first kappa shape index (κ1) is 22.4. The third-order valence-corrected chi connectivity index (χ3v) is 7.70. The Labute approximate surface area is 191 Å². The summed E-state index contributed by atoms with van der Waals surface area (Å²) in [6, 6.07) is 11.3. The van der Waals surface area contributed by atoms with Crippen LogP contribution in [0.1, 0.15) is 41.9 Å². The van der Waals surface area contributed by atoms with Crippen molar-refractivity contribution in [3.8, 4) is 11.4 Å². The zero-order chi connectivity index (χ0) is 22.7. The van der Waals surface area contributed by atoms with Gasteiger partial charge in [0.1, 0.15) is 4.90 Å². The summed E-state index contributed by atoms with van der Waals surface area (Å²) in [7, 11) is -3.80. The van der Waals surface area contributed by atoms with Crippen molar-refractivity contribution in [3.63, 3.8) is 0 Å². The Kier molecular flexibility index (Phi) is 6.59. The fraction of sp³-hybridized carbons (Fsp3) is 0.318. The van der Waals surface area contributed by atoms with Gasteiger partial charge in [-0.05, 0) is 43.2 Å². The van der Waals surface area contributed by atoms with Crippen molar-refractivity contribution in [3.05, 3.63) is 58.9 Å². The standard InChI is InChI=1S/C22H23ClN4O4S/c1-15-24-21(26-31-15)17-8-4-5-9-19(17)25-22(28)16-10-11-18(23)20(14-16)32(29,30)27-12-6-2-3-7-13-27/h4-5,8-11,14H,2-3,6-7,12-13H2,1H3,(H,25,28). The summed E-state index contributed by atoms with van der Waals surface area (Å²) in [6.07, 6.45) is 3.62. The molecule has 3 aromatic rings. The van der Waals surface area contributed by atoms with Gasteiger partial charge in [0.05, 0.1) is 10.7 Å². The van der Waals surface area contributed by atoms with E-state index >= 15 is 0 Å². The number of rotatable bonds is 5. The van der Waals surface area contributed by atoms with Crippen LogP contribution >= 0.6 is 11.6 Å². The Morgan fingerprint density at radius 3 is 2.50 bits per heavy atom. The molecule has 1 fully saturated rings. The topological polar surface area (TPSA) is 105 Å². The quantitative estimate of drug-likeness (QED) is 0.583. The molecule has 32 heavy (non-hydrogen) atoms. The number of amides is 1. The highest BCUT2D eigenvalue weighted by Crippen LogP contribution is 2.29. The second-order valence-electron chi connectivity index (χ2n) is 7.60. The summed E-state index contributed by atoms with van der Waals surface area (Å²) in [5, 5.41) is 6.81. The minimum Gasteiger partial charge on any atom is -0.339 e. The van der Waals surface area contributed by atoms with Gasteiger partial charge in [-0.1, -0.05) is 41.7 Å². The number of para-hydroxylation sites is 1. The average molecular weight is 475 g/mol. The molecule has 168 valence electrons. The van der Waals surface area contributed by atoms with Gasteiger partial charge in [-0.2, -0.15) is 9.29 Å². The lowest BCUT2D eigenvalue weighted by atomic mass is 10.1. The van der Waals surface area contributed by atoms with E-state index < -0.39 is 15.9 Å². The van der Waals surface area contributed by atoms with E-state index in [0.717, 1.165) is 25.7 Å². The minimum atomic E-state index is -3.80. The van der Waals surface area contributed by atoms with Crippen molar-refractivity contribution in [2.45, 2.75) is 37.5 Å². The molecule has 0 aliphatic carbocycles. The molecule has 0 spiro atoms. The second-order valence-corrected chi connectivity index (χ2v) is 9.91. The molecule has 8 nitrogen and oxygen atoms in total. The number of nitrogens with zero attached hydrogens (tertiary/aromatic N) is 3. The zero-order valence-corrected chi connectivity index (χ0v) is 19.1. The first-order chi connectivity index (χ1) is 15.4. The molecule has 0 bridgehead atoms. The molecule has 1 N–H and O–H groups in total. The lowest BCUT2D eigenvalue weighted by Crippen LogP contribution is -2.32. The molecule has 2 heterocycles. The van der Waals surface area contributed by atoms with Gasteiger partial charge in [0.25, 0.3) is 5.91 Å². The summed E-state index contributed by atoms with van der Waals surface area (Å²) in [5.74, 6) is 0.280. The molecule has 1 aromatic heterocycles. The number of hydrogen-bond donors (Lipinski definition) is 1. The number of anilines is 1. The van der Waals surface area contributed by atoms with Gasteiger partial charge < -0.3 is 9.84 Å². The van der Waals surface area contributed by atoms with E-state index in [1.54, 1.807) is 31.2 Å². The van der Waals surface area contributed by atoms with Crippen molar-refractivity contribution in [1.29, 1.82) is 0 Å². The fourth-order valence-corrected chi connectivity index (χ4v) is 5.67. The van der Waals surface area contributed by atoms with E-state index in [9.17, 15) is 13.2 Å². The molecule has 1 saturated heterocycles. The average Bonchev–Trinajstić information content (AvgIpc) is 3.02. The predicted molar refractivity (Wildman–Crippen MR) is 121 cm³/mol. The molecular weight excluding hydrogens is 452 g/mol. The fourth-order valence-electron chi connectivity index (χ4n) is 3.65. The number of carbonyl (C=O) groups excluding carboxylic acids is 1. The Balaban J connectivity index is 1.63. The van der Waals surface area contributed by atoms with Crippen molar-refractivity contribution in [2.75, 3.05) is 18.4 Å². The van der Waals surface area contributed by atoms with E-state index in [-0.39, 0.29) is 15.5 Å². The number of halogens is 1. The third-order valence-electron chi connectivity index (χ3n) is 5.32. The van der Waals surface area contributed by atoms with Crippen LogP contribution in [0.4, 0.5) is 5.69 Å². The predicted octanol–water partition coefficient (Wildman–Crippen LogP) is 4.52. The number of benzene rings is 2. The van der Waals surface area contributed by atoms with Gasteiger partial charge in [0.15, 0.2) is 0 Å². The van der Waals surface area contributed by atoms with Gasteiger partial charge in [-0.25, -0.2) is 8.42 Å². The number of hydrogen-bond acceptors (Lipinski definition) is 6. The molecule has 0 atom stereocenters. The molecule has 1 amide bonds. The smallest absolute Gasteiger partial charge is 0.255 e. The Morgan fingerprint density at radius 1 is 1.09 bits per heavy atom. The molecule has 0 unspecified atom stereocenters. The van der Waals surface area contributed by atoms with Gasteiger partial charge in [-0.15, -0.1) is 0 Å². The number of nitrogens with one attached hydrogen (secondary N) is 1. The van der Waals surface area contributed by atoms with Crippen molar-refractivity contribution >= 4 is 33.2 Å². The van der Waals surface area contributed by atoms with E-state index in [0.29, 0.717) is 36.1 Å². The zero-order valence-electron chi connectivity index (χ0n) is 17.5. The Morgan fingerprint density at radius 2 is 1.81 bits per heavy atom. The molecule has 10 heteroatoms. The molecule has 0 radical (unpaired) electrons. The molecule has 4 rings (SSSR count). The number of aromatic nitrogens is 2. The molecule has 1 aliphatic heterocycles. The maximum Gasteiger partial charge on any atom is 0.255 e. The number of carbonyl (C=O) groups is 1. The maximum atomic E-state index is 13.2. The van der Waals surface area contributed by atoms with Gasteiger partial charge in [0.2, 0.25) is 21.7 Å². The maximum absolute atomic E-state index is 13.2. The normalized spacial score (nSPS) is 15.3. The first-order valence-electron chi connectivity index (χ1n) is 10.4. The van der Waals surface area contributed by atoms with Crippen molar-refractivity contribution < 1.29 is 17.7 Å². The lowest BCUT2D eigenvalue weighted by Gasteiger charge is -2.21. The van der Waals surface area contributed by atoms with Crippen LogP contribution in [0.2, 0.25) is 5.02 Å². The van der Waals surface area contributed by atoms with E-state index in [1.807, 2.05) is 0 Å². The van der Waals surface area contributed by atoms with Crippen molar-refractivity contribution in [1.82, 2.24) is 14.4 Å². The Bertz CT molecular complexity index is 1230. The van der Waals surface area contributed by atoms with Crippen LogP contribution in [0, 0.1) is 6.92 Å². The monoisotopic (exact) mass is 474 g/mol. The van der Waals surface area contributed by atoms with Crippen LogP contribution in [0.3, 0.4) is 0 Å². The molecule has 1 aliphatic rings. The summed E-state index contributed by atoms with van der Waals surface area (Å²) >= 11 is 6.25. The number of aryl methyl sites for hydroxylation is 1. The van der Waals surface area contributed by atoms with E-state index in [4.69, 9.17) is 16.1 Å². The summed E-state index contributed by atoms with van der Waals surface area (Å²) in [4.78, 5) is 17.1. The number of sulfonamides is 1. The highest BCUT2D eigenvalue weighted by atomic mass is 35.5. The SMILES string of the molecule is Cc1nc(-c2ccccc2NC(=O)c2ccc(Cl)c(S(=O)(=O)N3CCCCCC3)c2)no1. The second kappa shape index (κ2) is 9.40. The van der Waals surface area contributed by atoms with Crippen LogP contribution in [0.15, 0.2) is 51.9 Å². The van der Waals surface area contributed by atoms with Crippen LogP contribution in [-0.4, -0.2) is 41.9 Å². The van der Waals surface area contributed by atoms with Crippen LogP contribution in [-0.2, 0) is 10.0 Å². The lowest BCUT2D eigenvalue weighted by molar-refractivity contribution is 0.102. The Hall–Kier alpha value is -2.75. The third kappa shape index (κ3) is 4.69. The van der Waals surface area contributed by atoms with Crippen LogP contribution in [0.5, 0.6) is 0 Å². The highest BCUT2D eigenvalue weighted by Gasteiger charge is 2.28. The largest absolute Gasteiger partial charge is 0.339 e. The minimum absolute atomic E-state index is 0.0594. The molecule has 0 saturated carbocycles. The van der Waals surface area contributed by atoms with E-state index in [1.165, 1.54) is 22.5 Å². The van der Waals surface area contributed by atoms with Gasteiger partial charge in [-0.3, -0.25) is 4.79 Å².